The van der Waals surface area contributed by atoms with Crippen LogP contribution >= 0.6 is 15.9 Å². The van der Waals surface area contributed by atoms with Crippen LogP contribution in [0.15, 0.2) is 58.6 Å². The number of hydrogen-bond acceptors (Lipinski definition) is 3. The molecule has 1 aliphatic rings. The van der Waals surface area contributed by atoms with Crippen LogP contribution in [0, 0.1) is 5.82 Å². The van der Waals surface area contributed by atoms with Crippen LogP contribution in [-0.2, 0) is 9.59 Å². The minimum absolute atomic E-state index is 0.0380. The second kappa shape index (κ2) is 5.96. The fourth-order valence-corrected chi connectivity index (χ4v) is 2.70. The number of aliphatic hydroxyl groups excluding tert-OH is 1. The molecule has 1 atom stereocenters. The fraction of sp³-hybridized carbons (Fsp3) is 0.0588. The number of aliphatic hydroxyl groups is 1. The van der Waals surface area contributed by atoms with Gasteiger partial charge < -0.3 is 10.4 Å². The Morgan fingerprint density at radius 3 is 2.26 bits per heavy atom. The minimum atomic E-state index is -0.806. The van der Waals surface area contributed by atoms with Crippen LogP contribution in [0.25, 0.3) is 5.76 Å². The first-order valence-electron chi connectivity index (χ1n) is 6.77. The molecule has 1 heterocycles. The third kappa shape index (κ3) is 2.90. The summed E-state index contributed by atoms with van der Waals surface area (Å²) in [6.45, 7) is 0. The number of Topliss-reactive ketones (excluding diaryl/α,β-unsaturated/α-hetero) is 1. The van der Waals surface area contributed by atoms with E-state index in [1.165, 1.54) is 24.3 Å². The lowest BCUT2D eigenvalue weighted by atomic mass is 9.96. The number of rotatable bonds is 2. The second-order valence-electron chi connectivity index (χ2n) is 5.06. The summed E-state index contributed by atoms with van der Waals surface area (Å²) >= 11 is 3.29. The van der Waals surface area contributed by atoms with Crippen LogP contribution in [0.5, 0.6) is 0 Å². The molecule has 0 spiro atoms. The summed E-state index contributed by atoms with van der Waals surface area (Å²) in [4.78, 5) is 23.9. The van der Waals surface area contributed by atoms with Crippen molar-refractivity contribution >= 4 is 33.4 Å². The third-order valence-electron chi connectivity index (χ3n) is 3.59. The van der Waals surface area contributed by atoms with Gasteiger partial charge in [0.15, 0.2) is 0 Å². The summed E-state index contributed by atoms with van der Waals surface area (Å²) in [6, 6.07) is 11.3. The van der Waals surface area contributed by atoms with E-state index >= 15 is 0 Å². The van der Waals surface area contributed by atoms with E-state index in [1.54, 1.807) is 24.3 Å². The van der Waals surface area contributed by atoms with Crippen LogP contribution in [0.3, 0.4) is 0 Å². The van der Waals surface area contributed by atoms with Crippen molar-refractivity contribution in [1.29, 1.82) is 0 Å². The van der Waals surface area contributed by atoms with Crippen molar-refractivity contribution in [2.75, 3.05) is 0 Å². The highest BCUT2D eigenvalue weighted by Crippen LogP contribution is 2.33. The number of carbonyl (C=O) groups is 2. The molecule has 1 fully saturated rings. The zero-order valence-corrected chi connectivity index (χ0v) is 13.3. The van der Waals surface area contributed by atoms with Gasteiger partial charge in [-0.15, -0.1) is 0 Å². The maximum absolute atomic E-state index is 13.1. The maximum Gasteiger partial charge on any atom is 0.293 e. The average molecular weight is 376 g/mol. The van der Waals surface area contributed by atoms with E-state index in [-0.39, 0.29) is 11.3 Å². The number of benzene rings is 2. The van der Waals surface area contributed by atoms with Gasteiger partial charge in [0.25, 0.3) is 11.7 Å². The number of carbonyl (C=O) groups excluding carboxylic acids is 2. The van der Waals surface area contributed by atoms with E-state index in [0.717, 1.165) is 4.47 Å². The lowest BCUT2D eigenvalue weighted by Crippen LogP contribution is -2.21. The third-order valence-corrected chi connectivity index (χ3v) is 4.12. The molecule has 23 heavy (non-hydrogen) atoms. The predicted molar refractivity (Wildman–Crippen MR) is 86.0 cm³/mol. The first-order chi connectivity index (χ1) is 11.0. The molecule has 4 nitrogen and oxygen atoms in total. The molecule has 6 heteroatoms. The Kier molecular flexibility index (Phi) is 4.00. The van der Waals surface area contributed by atoms with E-state index < -0.39 is 23.5 Å². The van der Waals surface area contributed by atoms with Crippen molar-refractivity contribution in [3.05, 3.63) is 75.5 Å². The Balaban J connectivity index is 2.10. The molecule has 1 unspecified atom stereocenters. The number of hydrogen-bond donors (Lipinski definition) is 2. The lowest BCUT2D eigenvalue weighted by Gasteiger charge is -2.13. The van der Waals surface area contributed by atoms with Crippen molar-refractivity contribution in [2.24, 2.45) is 0 Å². The van der Waals surface area contributed by atoms with E-state index in [9.17, 15) is 19.1 Å². The van der Waals surface area contributed by atoms with Gasteiger partial charge in [-0.05, 0) is 29.8 Å². The van der Waals surface area contributed by atoms with Crippen molar-refractivity contribution in [3.8, 4) is 0 Å². The quantitative estimate of drug-likeness (QED) is 0.480. The summed E-state index contributed by atoms with van der Waals surface area (Å²) in [7, 11) is 0. The second-order valence-corrected chi connectivity index (χ2v) is 5.97. The van der Waals surface area contributed by atoms with Crippen molar-refractivity contribution < 1.29 is 19.1 Å². The monoisotopic (exact) mass is 375 g/mol. The fourth-order valence-electron chi connectivity index (χ4n) is 2.43. The maximum atomic E-state index is 13.1. The summed E-state index contributed by atoms with van der Waals surface area (Å²) < 4.78 is 13.9. The molecule has 3 rings (SSSR count). The van der Waals surface area contributed by atoms with E-state index in [4.69, 9.17) is 0 Å². The lowest BCUT2D eigenvalue weighted by molar-refractivity contribution is -0.133. The number of halogens is 2. The first kappa shape index (κ1) is 15.4. The average Bonchev–Trinajstić information content (AvgIpc) is 2.84. The Hall–Kier alpha value is -2.47. The molecule has 1 amide bonds. The van der Waals surface area contributed by atoms with Gasteiger partial charge in [0.05, 0.1) is 11.6 Å². The highest BCUT2D eigenvalue weighted by atomic mass is 79.9. The molecule has 2 aromatic rings. The summed E-state index contributed by atoms with van der Waals surface area (Å²) in [5.74, 6) is -2.28. The van der Waals surface area contributed by atoms with Gasteiger partial charge in [0.1, 0.15) is 11.6 Å². The van der Waals surface area contributed by atoms with Crippen LogP contribution in [0.2, 0.25) is 0 Å². The molecule has 0 aromatic heterocycles. The molecule has 116 valence electrons. The zero-order chi connectivity index (χ0) is 16.6. The molecule has 1 saturated heterocycles. The van der Waals surface area contributed by atoms with E-state index in [2.05, 4.69) is 21.2 Å². The Morgan fingerprint density at radius 1 is 1.04 bits per heavy atom. The highest BCUT2D eigenvalue weighted by molar-refractivity contribution is 9.10. The van der Waals surface area contributed by atoms with Crippen LogP contribution in [0.1, 0.15) is 17.2 Å². The normalized spacial score (nSPS) is 19.7. The summed E-state index contributed by atoms with van der Waals surface area (Å²) in [5.41, 5.74) is 0.897. The first-order valence-corrected chi connectivity index (χ1v) is 7.56. The molecule has 2 N–H and O–H groups in total. The number of nitrogens with one attached hydrogen (secondary N) is 1. The minimum Gasteiger partial charge on any atom is -0.507 e. The van der Waals surface area contributed by atoms with Gasteiger partial charge >= 0.3 is 0 Å². The molecular formula is C17H11BrFNO3. The Labute approximate surface area is 139 Å². The van der Waals surface area contributed by atoms with E-state index in [1.807, 2.05) is 0 Å². The summed E-state index contributed by atoms with van der Waals surface area (Å²) in [6.07, 6.45) is 0. The molecule has 0 saturated carbocycles. The Bertz CT molecular complexity index is 813. The Morgan fingerprint density at radius 2 is 1.65 bits per heavy atom. The smallest absolute Gasteiger partial charge is 0.293 e. The topological polar surface area (TPSA) is 66.4 Å². The van der Waals surface area contributed by atoms with Crippen LogP contribution in [-0.4, -0.2) is 16.8 Å². The van der Waals surface area contributed by atoms with Gasteiger partial charge in [-0.25, -0.2) is 4.39 Å². The highest BCUT2D eigenvalue weighted by Gasteiger charge is 2.39. The SMILES string of the molecule is O=C1NC(c2ccc(F)cc2)C(=C(O)c2ccc(Br)cc2)C1=O. The van der Waals surface area contributed by atoms with Gasteiger partial charge in [-0.3, -0.25) is 9.59 Å². The summed E-state index contributed by atoms with van der Waals surface area (Å²) in [5, 5.41) is 13.0. The van der Waals surface area contributed by atoms with Gasteiger partial charge in [0.2, 0.25) is 0 Å². The van der Waals surface area contributed by atoms with Crippen molar-refractivity contribution in [3.63, 3.8) is 0 Å². The zero-order valence-electron chi connectivity index (χ0n) is 11.7. The molecule has 0 bridgehead atoms. The molecule has 0 radical (unpaired) electrons. The van der Waals surface area contributed by atoms with Crippen molar-refractivity contribution in [1.82, 2.24) is 5.32 Å². The number of amides is 1. The van der Waals surface area contributed by atoms with Gasteiger partial charge in [-0.2, -0.15) is 0 Å². The molecule has 2 aromatic carbocycles. The van der Waals surface area contributed by atoms with Gasteiger partial charge in [0, 0.05) is 10.0 Å². The standard InChI is InChI=1S/C17H11BrFNO3/c18-11-5-1-10(2-6-11)15(21)13-14(20-17(23)16(13)22)9-3-7-12(19)8-4-9/h1-8,14,21H,(H,20,23). The van der Waals surface area contributed by atoms with Gasteiger partial charge in [-0.1, -0.05) is 40.2 Å². The largest absolute Gasteiger partial charge is 0.507 e. The van der Waals surface area contributed by atoms with Crippen LogP contribution < -0.4 is 5.32 Å². The predicted octanol–water partition coefficient (Wildman–Crippen LogP) is 3.30. The molecule has 1 aliphatic heterocycles. The molecule has 0 aliphatic carbocycles. The van der Waals surface area contributed by atoms with Crippen LogP contribution in [0.4, 0.5) is 4.39 Å². The van der Waals surface area contributed by atoms with Crippen molar-refractivity contribution in [2.45, 2.75) is 6.04 Å². The number of ketones is 1. The van der Waals surface area contributed by atoms with E-state index in [0.29, 0.717) is 11.1 Å². The molecular weight excluding hydrogens is 365 g/mol.